The molecule has 0 saturated carbocycles. The predicted octanol–water partition coefficient (Wildman–Crippen LogP) is 2.61. The largest absolute Gasteiger partial charge is 0.378 e. The van der Waals surface area contributed by atoms with E-state index in [0.717, 1.165) is 31.7 Å². The molecule has 0 bridgehead atoms. The van der Waals surface area contributed by atoms with E-state index in [1.54, 1.807) is 0 Å². The summed E-state index contributed by atoms with van der Waals surface area (Å²) in [6.45, 7) is 6.23. The first-order chi connectivity index (χ1) is 8.83. The first-order valence-corrected chi connectivity index (χ1v) is 7.78. The Kier molecular flexibility index (Phi) is 5.53. The Morgan fingerprint density at radius 3 is 3.00 bits per heavy atom. The fraction of sp³-hybridized carbons (Fsp3) is 0.846. The molecule has 5 heteroatoms. The molecule has 0 spiro atoms. The number of nitrogens with zero attached hydrogens (tertiary/aromatic N) is 2. The Morgan fingerprint density at radius 2 is 2.33 bits per heavy atom. The summed E-state index contributed by atoms with van der Waals surface area (Å²) in [6, 6.07) is 0.561. The molecule has 18 heavy (non-hydrogen) atoms. The van der Waals surface area contributed by atoms with E-state index in [9.17, 15) is 0 Å². The Bertz CT molecular complexity index is 327. The minimum atomic E-state index is 0.430. The number of rotatable bonds is 6. The third-order valence-electron chi connectivity index (χ3n) is 3.87. The van der Waals surface area contributed by atoms with Crippen molar-refractivity contribution in [3.05, 3.63) is 11.1 Å². The van der Waals surface area contributed by atoms with Gasteiger partial charge in [0.15, 0.2) is 0 Å². The van der Waals surface area contributed by atoms with Gasteiger partial charge in [-0.1, -0.05) is 31.2 Å². The van der Waals surface area contributed by atoms with Crippen molar-refractivity contribution in [3.63, 3.8) is 0 Å². The molecule has 2 rings (SSSR count). The van der Waals surface area contributed by atoms with Crippen LogP contribution in [0.15, 0.2) is 5.38 Å². The highest BCUT2D eigenvalue weighted by molar-refractivity contribution is 7.03. The van der Waals surface area contributed by atoms with Crippen molar-refractivity contribution in [1.29, 1.82) is 0 Å². The van der Waals surface area contributed by atoms with E-state index >= 15 is 0 Å². The lowest BCUT2D eigenvalue weighted by Crippen LogP contribution is -2.41. The van der Waals surface area contributed by atoms with Gasteiger partial charge in [-0.15, -0.1) is 5.10 Å². The van der Waals surface area contributed by atoms with E-state index in [0.29, 0.717) is 18.1 Å². The Hall–Kier alpha value is -0.520. The molecule has 1 aliphatic rings. The summed E-state index contributed by atoms with van der Waals surface area (Å²) in [5, 5.41) is 9.65. The molecule has 0 aromatic carbocycles. The predicted molar refractivity (Wildman–Crippen MR) is 73.6 cm³/mol. The zero-order chi connectivity index (χ0) is 12.8. The van der Waals surface area contributed by atoms with Gasteiger partial charge in [-0.3, -0.25) is 0 Å². The molecule has 0 radical (unpaired) electrons. The maximum Gasteiger partial charge on any atom is 0.0893 e. The van der Waals surface area contributed by atoms with Gasteiger partial charge in [0.1, 0.15) is 0 Å². The lowest BCUT2D eigenvalue weighted by Gasteiger charge is -2.34. The van der Waals surface area contributed by atoms with Crippen LogP contribution in [0.5, 0.6) is 0 Å². The summed E-state index contributed by atoms with van der Waals surface area (Å²) in [5.74, 6) is 0.704. The average Bonchev–Trinajstić information content (AvgIpc) is 2.92. The van der Waals surface area contributed by atoms with Crippen LogP contribution in [0.2, 0.25) is 0 Å². The van der Waals surface area contributed by atoms with Crippen LogP contribution in [0.1, 0.15) is 45.2 Å². The first kappa shape index (κ1) is 13.9. The van der Waals surface area contributed by atoms with Gasteiger partial charge in [0.2, 0.25) is 0 Å². The second-order valence-electron chi connectivity index (χ2n) is 4.98. The van der Waals surface area contributed by atoms with E-state index in [1.165, 1.54) is 24.4 Å². The molecule has 4 nitrogen and oxygen atoms in total. The summed E-state index contributed by atoms with van der Waals surface area (Å²) < 4.78 is 9.81. The fourth-order valence-electron chi connectivity index (χ4n) is 2.67. The zero-order valence-corrected chi connectivity index (χ0v) is 12.1. The molecule has 1 fully saturated rings. The third kappa shape index (κ3) is 3.73. The standard InChI is InChI=1S/C13H23N3OS/c1-3-10(4-2)13-7-11(5-6-17-13)14-8-12-9-18-16-15-12/h9-11,13-14H,3-8H2,1-2H3. The van der Waals surface area contributed by atoms with Gasteiger partial charge in [-0.2, -0.15) is 0 Å². The van der Waals surface area contributed by atoms with Crippen molar-refractivity contribution in [2.75, 3.05) is 6.61 Å². The highest BCUT2D eigenvalue weighted by Gasteiger charge is 2.27. The number of aromatic nitrogens is 2. The topological polar surface area (TPSA) is 47.0 Å². The van der Waals surface area contributed by atoms with Crippen molar-refractivity contribution >= 4 is 11.5 Å². The van der Waals surface area contributed by atoms with Crippen LogP contribution in [0.4, 0.5) is 0 Å². The van der Waals surface area contributed by atoms with Crippen molar-refractivity contribution in [2.24, 2.45) is 5.92 Å². The van der Waals surface area contributed by atoms with Gasteiger partial charge in [-0.25, -0.2) is 0 Å². The molecular weight excluding hydrogens is 246 g/mol. The lowest BCUT2D eigenvalue weighted by molar-refractivity contribution is -0.0350. The number of ether oxygens (including phenoxy) is 1. The molecule has 1 N–H and O–H groups in total. The molecule has 1 aromatic heterocycles. The second-order valence-corrected chi connectivity index (χ2v) is 5.59. The van der Waals surface area contributed by atoms with Crippen molar-refractivity contribution in [3.8, 4) is 0 Å². The van der Waals surface area contributed by atoms with Crippen LogP contribution in [0.3, 0.4) is 0 Å². The molecule has 2 heterocycles. The van der Waals surface area contributed by atoms with Crippen LogP contribution < -0.4 is 5.32 Å². The highest BCUT2D eigenvalue weighted by atomic mass is 32.1. The summed E-state index contributed by atoms with van der Waals surface area (Å²) >= 11 is 1.41. The van der Waals surface area contributed by atoms with Gasteiger partial charge in [0.25, 0.3) is 0 Å². The molecular formula is C13H23N3OS. The summed E-state index contributed by atoms with van der Waals surface area (Å²) in [5.41, 5.74) is 1.05. The van der Waals surface area contributed by atoms with Crippen LogP contribution in [0.25, 0.3) is 0 Å². The maximum atomic E-state index is 5.92. The summed E-state index contributed by atoms with van der Waals surface area (Å²) in [4.78, 5) is 0. The van der Waals surface area contributed by atoms with Crippen LogP contribution in [-0.2, 0) is 11.3 Å². The Morgan fingerprint density at radius 1 is 1.50 bits per heavy atom. The maximum absolute atomic E-state index is 5.92. The van der Waals surface area contributed by atoms with E-state index in [1.807, 2.05) is 5.38 Å². The van der Waals surface area contributed by atoms with Gasteiger partial charge in [-0.05, 0) is 30.3 Å². The van der Waals surface area contributed by atoms with Crippen molar-refractivity contribution in [2.45, 2.75) is 58.2 Å². The van der Waals surface area contributed by atoms with Gasteiger partial charge >= 0.3 is 0 Å². The minimum absolute atomic E-state index is 0.430. The highest BCUT2D eigenvalue weighted by Crippen LogP contribution is 2.25. The first-order valence-electron chi connectivity index (χ1n) is 6.94. The molecule has 1 aromatic rings. The average molecular weight is 269 g/mol. The van der Waals surface area contributed by atoms with E-state index in [-0.39, 0.29) is 0 Å². The van der Waals surface area contributed by atoms with Crippen LogP contribution >= 0.6 is 11.5 Å². The third-order valence-corrected chi connectivity index (χ3v) is 4.42. The van der Waals surface area contributed by atoms with E-state index in [4.69, 9.17) is 4.74 Å². The van der Waals surface area contributed by atoms with Crippen molar-refractivity contribution < 1.29 is 4.74 Å². The molecule has 1 aliphatic heterocycles. The summed E-state index contributed by atoms with van der Waals surface area (Å²) in [7, 11) is 0. The number of hydrogen-bond donors (Lipinski definition) is 1. The molecule has 1 saturated heterocycles. The molecule has 102 valence electrons. The van der Waals surface area contributed by atoms with Gasteiger partial charge < -0.3 is 10.1 Å². The Balaban J connectivity index is 1.79. The monoisotopic (exact) mass is 269 g/mol. The van der Waals surface area contributed by atoms with E-state index < -0.39 is 0 Å². The number of hydrogen-bond acceptors (Lipinski definition) is 5. The van der Waals surface area contributed by atoms with Gasteiger partial charge in [0, 0.05) is 24.6 Å². The fourth-order valence-corrected chi connectivity index (χ4v) is 3.12. The van der Waals surface area contributed by atoms with E-state index in [2.05, 4.69) is 28.8 Å². The minimum Gasteiger partial charge on any atom is -0.378 e. The summed E-state index contributed by atoms with van der Waals surface area (Å²) in [6.07, 6.45) is 5.09. The quantitative estimate of drug-likeness (QED) is 0.862. The zero-order valence-electron chi connectivity index (χ0n) is 11.3. The SMILES string of the molecule is CCC(CC)C1CC(NCc2csnn2)CCO1. The molecule has 0 amide bonds. The van der Waals surface area contributed by atoms with Crippen LogP contribution in [0, 0.1) is 5.92 Å². The second kappa shape index (κ2) is 7.16. The van der Waals surface area contributed by atoms with Gasteiger partial charge in [0.05, 0.1) is 11.8 Å². The number of nitrogens with one attached hydrogen (secondary N) is 1. The molecule has 2 unspecified atom stereocenters. The normalized spacial score (nSPS) is 24.6. The van der Waals surface area contributed by atoms with Crippen molar-refractivity contribution in [1.82, 2.24) is 14.9 Å². The smallest absolute Gasteiger partial charge is 0.0893 e. The van der Waals surface area contributed by atoms with Crippen LogP contribution in [-0.4, -0.2) is 28.3 Å². The molecule has 0 aliphatic carbocycles. The lowest BCUT2D eigenvalue weighted by atomic mass is 9.89. The Labute approximate surface area is 113 Å². The molecule has 2 atom stereocenters.